The van der Waals surface area contributed by atoms with Gasteiger partial charge in [-0.2, -0.15) is 26.3 Å². The number of Topliss-reactive ketones (excluding diaryl/α,β-unsaturated/α-hetero) is 1. The van der Waals surface area contributed by atoms with Gasteiger partial charge in [-0.05, 0) is 67.3 Å². The van der Waals surface area contributed by atoms with Crippen molar-refractivity contribution in [3.63, 3.8) is 0 Å². The second kappa shape index (κ2) is 11.3. The van der Waals surface area contributed by atoms with Gasteiger partial charge >= 0.3 is 12.4 Å². The normalized spacial score (nSPS) is 12.3. The van der Waals surface area contributed by atoms with Gasteiger partial charge in [0.25, 0.3) is 5.91 Å². The predicted molar refractivity (Wildman–Crippen MR) is 142 cm³/mol. The van der Waals surface area contributed by atoms with Crippen molar-refractivity contribution in [1.29, 1.82) is 0 Å². The highest BCUT2D eigenvalue weighted by atomic mass is 19.4. The molecule has 0 heterocycles. The molecule has 2 N–H and O–H groups in total. The fourth-order valence-corrected chi connectivity index (χ4v) is 4.35. The van der Waals surface area contributed by atoms with Gasteiger partial charge in [-0.3, -0.25) is 9.59 Å². The van der Waals surface area contributed by atoms with Crippen molar-refractivity contribution in [2.24, 2.45) is 0 Å². The Balaban J connectivity index is 2.01. The van der Waals surface area contributed by atoms with Crippen molar-refractivity contribution in [1.82, 2.24) is 4.90 Å². The number of carbonyl (C=O) groups excluding carboxylic acids is 2. The van der Waals surface area contributed by atoms with Crippen LogP contribution in [0.15, 0.2) is 60.7 Å². The van der Waals surface area contributed by atoms with E-state index in [1.165, 1.54) is 56.1 Å². The Kier molecular flexibility index (Phi) is 8.71. The van der Waals surface area contributed by atoms with Gasteiger partial charge in [0.05, 0.1) is 16.7 Å². The summed E-state index contributed by atoms with van der Waals surface area (Å²) in [6.07, 6.45) is -7.94. The molecule has 4 nitrogen and oxygen atoms in total. The molecule has 214 valence electrons. The van der Waals surface area contributed by atoms with E-state index in [1.54, 1.807) is 0 Å². The monoisotopic (exact) mass is 564 g/mol. The van der Waals surface area contributed by atoms with Gasteiger partial charge < -0.3 is 10.6 Å². The van der Waals surface area contributed by atoms with Crippen molar-refractivity contribution in [2.45, 2.75) is 57.9 Å². The third-order valence-electron chi connectivity index (χ3n) is 7.02. The first kappa shape index (κ1) is 30.7. The standard InChI is InChI=1S/C30H30F6N2O2/c1-5-6-7-26(39)18-8-10-19(11-9-18)27(40)38(4)28(2,3)20-12-14-22(24(16-20)29(31,32)33)23-15-13-21(37)17-25(23)30(34,35)36/h8-17H,5-7,37H2,1-4H3. The molecule has 0 aliphatic carbocycles. The molecule has 40 heavy (non-hydrogen) atoms. The van der Waals surface area contributed by atoms with Crippen molar-refractivity contribution in [2.75, 3.05) is 12.8 Å². The molecule has 0 atom stereocenters. The summed E-state index contributed by atoms with van der Waals surface area (Å²) in [7, 11) is 1.42. The number of halogens is 6. The fraction of sp³-hybridized carbons (Fsp3) is 0.333. The highest BCUT2D eigenvalue weighted by Gasteiger charge is 2.40. The number of nitrogen functional groups attached to an aromatic ring is 1. The number of rotatable bonds is 8. The lowest BCUT2D eigenvalue weighted by Gasteiger charge is -2.37. The first-order valence-corrected chi connectivity index (χ1v) is 12.6. The van der Waals surface area contributed by atoms with Crippen LogP contribution >= 0.6 is 0 Å². The zero-order valence-electron chi connectivity index (χ0n) is 22.5. The largest absolute Gasteiger partial charge is 0.417 e. The fourth-order valence-electron chi connectivity index (χ4n) is 4.35. The van der Waals surface area contributed by atoms with Gasteiger partial charge in [0.1, 0.15) is 0 Å². The molecule has 0 saturated carbocycles. The number of carbonyl (C=O) groups is 2. The number of unbranched alkanes of at least 4 members (excludes halogenated alkanes) is 1. The van der Waals surface area contributed by atoms with E-state index in [1.807, 2.05) is 6.92 Å². The molecular formula is C30H30F6N2O2. The summed E-state index contributed by atoms with van der Waals surface area (Å²) in [5, 5.41) is 0. The lowest BCUT2D eigenvalue weighted by molar-refractivity contribution is -0.139. The first-order valence-electron chi connectivity index (χ1n) is 12.6. The summed E-state index contributed by atoms with van der Waals surface area (Å²) in [5.74, 6) is -0.558. The zero-order chi connectivity index (χ0) is 30.0. The van der Waals surface area contributed by atoms with Gasteiger partial charge in [-0.15, -0.1) is 0 Å². The average Bonchev–Trinajstić information content (AvgIpc) is 2.89. The molecule has 3 aromatic carbocycles. The summed E-state index contributed by atoms with van der Waals surface area (Å²) < 4.78 is 83.7. The van der Waals surface area contributed by atoms with Crippen molar-refractivity contribution >= 4 is 17.4 Å². The lowest BCUT2D eigenvalue weighted by atomic mass is 9.86. The minimum Gasteiger partial charge on any atom is -0.399 e. The first-order chi connectivity index (χ1) is 18.5. The Morgan fingerprint density at radius 1 is 0.775 bits per heavy atom. The maximum Gasteiger partial charge on any atom is 0.417 e. The minimum atomic E-state index is -4.99. The molecule has 3 rings (SSSR count). The molecule has 0 aromatic heterocycles. The van der Waals surface area contributed by atoms with Crippen LogP contribution in [-0.2, 0) is 17.9 Å². The number of alkyl halides is 6. The molecule has 10 heteroatoms. The highest BCUT2D eigenvalue weighted by Crippen LogP contribution is 2.44. The summed E-state index contributed by atoms with van der Waals surface area (Å²) in [6.45, 7) is 5.04. The molecule has 0 bridgehead atoms. The van der Waals surface area contributed by atoms with Gasteiger partial charge in [0, 0.05) is 30.3 Å². The lowest BCUT2D eigenvalue weighted by Crippen LogP contribution is -2.43. The Morgan fingerprint density at radius 2 is 1.27 bits per heavy atom. The van der Waals surface area contributed by atoms with Gasteiger partial charge in [0.2, 0.25) is 0 Å². The summed E-state index contributed by atoms with van der Waals surface area (Å²) >= 11 is 0. The van der Waals surface area contributed by atoms with E-state index in [0.717, 1.165) is 37.1 Å². The van der Waals surface area contributed by atoms with Gasteiger partial charge in [-0.1, -0.05) is 43.7 Å². The Bertz CT molecular complexity index is 1390. The molecule has 0 saturated heterocycles. The number of amides is 1. The van der Waals surface area contributed by atoms with Crippen molar-refractivity contribution in [3.8, 4) is 11.1 Å². The van der Waals surface area contributed by atoms with Crippen LogP contribution in [-0.4, -0.2) is 23.6 Å². The van der Waals surface area contributed by atoms with E-state index in [4.69, 9.17) is 5.73 Å². The van der Waals surface area contributed by atoms with Gasteiger partial charge in [-0.25, -0.2) is 0 Å². The summed E-state index contributed by atoms with van der Waals surface area (Å²) in [5.41, 5.74) is 0.836. The van der Waals surface area contributed by atoms with Crippen LogP contribution in [0.3, 0.4) is 0 Å². The summed E-state index contributed by atoms with van der Waals surface area (Å²) in [4.78, 5) is 26.7. The van der Waals surface area contributed by atoms with Crippen LogP contribution in [0.5, 0.6) is 0 Å². The Morgan fingerprint density at radius 3 is 1.80 bits per heavy atom. The number of benzene rings is 3. The number of anilines is 1. The second-order valence-corrected chi connectivity index (χ2v) is 10.1. The maximum atomic E-state index is 14.2. The molecule has 0 fully saturated rings. The number of hydrogen-bond donors (Lipinski definition) is 1. The van der Waals surface area contributed by atoms with Crippen LogP contribution in [0, 0.1) is 0 Å². The predicted octanol–water partition coefficient (Wildman–Crippen LogP) is 8.35. The van der Waals surface area contributed by atoms with Crippen LogP contribution in [0.2, 0.25) is 0 Å². The number of nitrogens with two attached hydrogens (primary N) is 1. The second-order valence-electron chi connectivity index (χ2n) is 10.1. The third-order valence-corrected chi connectivity index (χ3v) is 7.02. The van der Waals surface area contributed by atoms with Crippen LogP contribution in [0.25, 0.3) is 11.1 Å². The smallest absolute Gasteiger partial charge is 0.399 e. The SMILES string of the molecule is CCCCC(=O)c1ccc(C(=O)N(C)C(C)(C)c2ccc(-c3ccc(N)cc3C(F)(F)F)c(C(F)(F)F)c2)cc1. The molecular weight excluding hydrogens is 534 g/mol. The molecule has 0 aliphatic rings. The topological polar surface area (TPSA) is 63.4 Å². The average molecular weight is 565 g/mol. The molecule has 1 amide bonds. The minimum absolute atomic E-state index is 0.0518. The van der Waals surface area contributed by atoms with Crippen molar-refractivity contribution < 1.29 is 35.9 Å². The molecule has 0 aliphatic heterocycles. The Labute approximate surface area is 228 Å². The maximum absolute atomic E-state index is 14.2. The van der Waals surface area contributed by atoms with E-state index in [2.05, 4.69) is 0 Å². The zero-order valence-corrected chi connectivity index (χ0v) is 22.5. The van der Waals surface area contributed by atoms with Gasteiger partial charge in [0.15, 0.2) is 5.78 Å². The van der Waals surface area contributed by atoms with E-state index < -0.39 is 46.1 Å². The quantitative estimate of drug-likeness (QED) is 0.170. The van der Waals surface area contributed by atoms with E-state index in [0.29, 0.717) is 18.1 Å². The molecule has 0 unspecified atom stereocenters. The van der Waals surface area contributed by atoms with Crippen LogP contribution < -0.4 is 5.73 Å². The molecule has 0 radical (unpaired) electrons. The van der Waals surface area contributed by atoms with E-state index in [9.17, 15) is 35.9 Å². The van der Waals surface area contributed by atoms with E-state index in [-0.39, 0.29) is 22.6 Å². The Hall–Kier alpha value is -3.82. The molecule has 0 spiro atoms. The van der Waals surface area contributed by atoms with Crippen molar-refractivity contribution in [3.05, 3.63) is 88.5 Å². The number of ketones is 1. The molecule has 3 aromatic rings. The van der Waals surface area contributed by atoms with Crippen LogP contribution in [0.4, 0.5) is 32.0 Å². The number of hydrogen-bond acceptors (Lipinski definition) is 3. The summed E-state index contributed by atoms with van der Waals surface area (Å²) in [6, 6.07) is 11.7. The highest BCUT2D eigenvalue weighted by molar-refractivity contribution is 5.99. The third kappa shape index (κ3) is 6.48. The number of nitrogens with zero attached hydrogens (tertiary/aromatic N) is 1. The van der Waals surface area contributed by atoms with Crippen LogP contribution in [0.1, 0.15) is 77.4 Å². The van der Waals surface area contributed by atoms with E-state index >= 15 is 0 Å².